The molecule has 2 atom stereocenters. The van der Waals surface area contributed by atoms with Crippen molar-refractivity contribution in [3.05, 3.63) is 107 Å². The second-order valence-electron chi connectivity index (χ2n) is 8.86. The molecule has 3 heterocycles. The second-order valence-corrected chi connectivity index (χ2v) is 9.69. The van der Waals surface area contributed by atoms with Crippen LogP contribution < -0.4 is 15.5 Å². The fourth-order valence-corrected chi connectivity index (χ4v) is 5.40. The van der Waals surface area contributed by atoms with Crippen LogP contribution in [-0.4, -0.2) is 20.6 Å². The minimum absolute atomic E-state index is 0.108. The van der Waals surface area contributed by atoms with Gasteiger partial charge in [-0.2, -0.15) is 0 Å². The molecule has 0 radical (unpaired) electrons. The topological polar surface area (TPSA) is 62.2 Å². The largest absolute Gasteiger partial charge is 0.351 e. The van der Waals surface area contributed by atoms with Gasteiger partial charge in [-0.15, -0.1) is 0 Å². The number of pyridine rings is 1. The predicted octanol–water partition coefficient (Wildman–Crippen LogP) is 6.28. The van der Waals surface area contributed by atoms with Crippen LogP contribution in [0, 0.1) is 13.8 Å². The first-order chi connectivity index (χ1) is 17.3. The van der Waals surface area contributed by atoms with Gasteiger partial charge in [-0.25, -0.2) is 0 Å². The average molecular weight is 516 g/mol. The number of carbonyl (C=O) groups is 1. The maximum atomic E-state index is 11.5. The summed E-state index contributed by atoms with van der Waals surface area (Å²) in [4.78, 5) is 18.3. The van der Waals surface area contributed by atoms with Gasteiger partial charge in [-0.1, -0.05) is 17.7 Å². The molecule has 0 bridgehead atoms. The maximum absolute atomic E-state index is 11.5. The van der Waals surface area contributed by atoms with Crippen LogP contribution in [0.15, 0.2) is 79.0 Å². The molecule has 6 nitrogen and oxygen atoms in total. The summed E-state index contributed by atoms with van der Waals surface area (Å²) in [6.45, 7) is 5.73. The highest BCUT2D eigenvalue weighted by molar-refractivity contribution is 7.80. The molecule has 2 N–H and O–H groups in total. The zero-order chi connectivity index (χ0) is 25.4. The summed E-state index contributed by atoms with van der Waals surface area (Å²) >= 11 is 12.0. The van der Waals surface area contributed by atoms with Crippen molar-refractivity contribution in [2.45, 2.75) is 32.9 Å². The molecule has 0 aliphatic carbocycles. The van der Waals surface area contributed by atoms with E-state index in [4.69, 9.17) is 23.8 Å². The number of halogens is 1. The second kappa shape index (κ2) is 9.76. The van der Waals surface area contributed by atoms with Crippen LogP contribution >= 0.6 is 23.8 Å². The Hall–Kier alpha value is -3.68. The number of aryl methyl sites for hydroxylation is 1. The van der Waals surface area contributed by atoms with Crippen molar-refractivity contribution in [3.8, 4) is 5.69 Å². The lowest BCUT2D eigenvalue weighted by atomic mass is 9.96. The van der Waals surface area contributed by atoms with Gasteiger partial charge in [0.05, 0.1) is 17.8 Å². The number of benzene rings is 2. The quantitative estimate of drug-likeness (QED) is 0.306. The molecule has 182 valence electrons. The van der Waals surface area contributed by atoms with E-state index in [0.717, 1.165) is 39.7 Å². The highest BCUT2D eigenvalue weighted by atomic mass is 35.5. The Bertz CT molecular complexity index is 1420. The number of nitrogens with one attached hydrogen (secondary N) is 2. The molecule has 8 heteroatoms. The van der Waals surface area contributed by atoms with Gasteiger partial charge in [-0.05, 0) is 98.4 Å². The third-order valence-electron chi connectivity index (χ3n) is 6.44. The SMILES string of the molecule is CC(=O)Nc1ccc(N2C(=S)N[C@@H](c3ccccn3)[C@H]2c2cc(C)n(-c3ccc(Cl)cc3)c2C)cc1. The maximum Gasteiger partial charge on any atom is 0.221 e. The lowest BCUT2D eigenvalue weighted by molar-refractivity contribution is -0.114. The average Bonchev–Trinajstić information content (AvgIpc) is 3.35. The van der Waals surface area contributed by atoms with Crippen molar-refractivity contribution >= 4 is 46.2 Å². The zero-order valence-electron chi connectivity index (χ0n) is 20.2. The van der Waals surface area contributed by atoms with E-state index in [2.05, 4.69) is 45.0 Å². The highest BCUT2D eigenvalue weighted by Gasteiger charge is 2.42. The van der Waals surface area contributed by atoms with E-state index in [0.29, 0.717) is 10.1 Å². The summed E-state index contributed by atoms with van der Waals surface area (Å²) in [5.74, 6) is -0.108. The van der Waals surface area contributed by atoms with Gasteiger partial charge in [-0.3, -0.25) is 9.78 Å². The summed E-state index contributed by atoms with van der Waals surface area (Å²) < 4.78 is 2.24. The molecular formula is C28H26ClN5OS. The summed E-state index contributed by atoms with van der Waals surface area (Å²) in [5.41, 5.74) is 7.02. The minimum atomic E-state index is -0.145. The van der Waals surface area contributed by atoms with Crippen molar-refractivity contribution in [2.24, 2.45) is 0 Å². The number of thiocarbonyl (C=S) groups is 1. The van der Waals surface area contributed by atoms with E-state index in [1.807, 2.05) is 66.7 Å². The summed E-state index contributed by atoms with van der Waals surface area (Å²) in [6, 6.07) is 23.5. The normalized spacial score (nSPS) is 17.2. The van der Waals surface area contributed by atoms with Crippen molar-refractivity contribution in [1.29, 1.82) is 0 Å². The number of amides is 1. The zero-order valence-corrected chi connectivity index (χ0v) is 21.8. The van der Waals surface area contributed by atoms with Crippen molar-refractivity contribution in [3.63, 3.8) is 0 Å². The highest BCUT2D eigenvalue weighted by Crippen LogP contribution is 2.44. The Morgan fingerprint density at radius 1 is 1.03 bits per heavy atom. The standard InChI is InChI=1S/C28H26ClN5OS/c1-17-16-24(18(2)33(17)22-11-7-20(29)8-12-22)27-26(25-6-4-5-15-30-25)32-28(36)34(27)23-13-9-21(10-14-23)31-19(3)35/h4-16,26-27H,1-3H3,(H,31,35)(H,32,36)/t26-,27+/m0/s1. The molecule has 1 fully saturated rings. The Labute approximate surface area is 220 Å². The molecule has 2 aromatic heterocycles. The van der Waals surface area contributed by atoms with E-state index in [-0.39, 0.29) is 18.0 Å². The van der Waals surface area contributed by atoms with Gasteiger partial charge in [0.25, 0.3) is 0 Å². The molecular weight excluding hydrogens is 490 g/mol. The first-order valence-corrected chi connectivity index (χ1v) is 12.4. The van der Waals surface area contributed by atoms with Gasteiger partial charge in [0.15, 0.2) is 5.11 Å². The van der Waals surface area contributed by atoms with Gasteiger partial charge in [0.2, 0.25) is 5.91 Å². The molecule has 1 aliphatic heterocycles. The van der Waals surface area contributed by atoms with Crippen LogP contribution in [0.4, 0.5) is 11.4 Å². The number of carbonyl (C=O) groups excluding carboxylic acids is 1. The summed E-state index contributed by atoms with van der Waals surface area (Å²) in [6.07, 6.45) is 1.80. The molecule has 36 heavy (non-hydrogen) atoms. The predicted molar refractivity (Wildman–Crippen MR) is 149 cm³/mol. The number of rotatable bonds is 5. The van der Waals surface area contributed by atoms with Crippen LogP contribution in [0.5, 0.6) is 0 Å². The minimum Gasteiger partial charge on any atom is -0.351 e. The van der Waals surface area contributed by atoms with Crippen LogP contribution in [0.3, 0.4) is 0 Å². The first kappa shape index (κ1) is 24.0. The van der Waals surface area contributed by atoms with E-state index in [1.165, 1.54) is 6.92 Å². The molecule has 1 amide bonds. The number of anilines is 2. The Morgan fingerprint density at radius 2 is 1.72 bits per heavy atom. The number of hydrogen-bond acceptors (Lipinski definition) is 3. The van der Waals surface area contributed by atoms with E-state index in [1.54, 1.807) is 6.20 Å². The number of nitrogens with zero attached hydrogens (tertiary/aromatic N) is 3. The van der Waals surface area contributed by atoms with Crippen LogP contribution in [-0.2, 0) is 4.79 Å². The summed E-state index contributed by atoms with van der Waals surface area (Å²) in [5, 5.41) is 7.67. The lowest BCUT2D eigenvalue weighted by Crippen LogP contribution is -2.29. The molecule has 4 aromatic rings. The van der Waals surface area contributed by atoms with E-state index < -0.39 is 0 Å². The lowest BCUT2D eigenvalue weighted by Gasteiger charge is -2.28. The van der Waals surface area contributed by atoms with Crippen LogP contribution in [0.1, 0.15) is 41.7 Å². The first-order valence-electron chi connectivity index (χ1n) is 11.7. The smallest absolute Gasteiger partial charge is 0.221 e. The van der Waals surface area contributed by atoms with Crippen molar-refractivity contribution in [2.75, 3.05) is 10.2 Å². The van der Waals surface area contributed by atoms with Crippen LogP contribution in [0.25, 0.3) is 5.69 Å². The van der Waals surface area contributed by atoms with Gasteiger partial charge >= 0.3 is 0 Å². The molecule has 0 spiro atoms. The third-order valence-corrected chi connectivity index (χ3v) is 7.00. The Morgan fingerprint density at radius 3 is 2.36 bits per heavy atom. The number of aromatic nitrogens is 2. The van der Waals surface area contributed by atoms with Crippen molar-refractivity contribution in [1.82, 2.24) is 14.9 Å². The van der Waals surface area contributed by atoms with Gasteiger partial charge in [0.1, 0.15) is 0 Å². The monoisotopic (exact) mass is 515 g/mol. The fourth-order valence-electron chi connectivity index (χ4n) is 4.93. The third kappa shape index (κ3) is 4.47. The van der Waals surface area contributed by atoms with Gasteiger partial charge in [0, 0.05) is 46.6 Å². The molecule has 2 aromatic carbocycles. The molecule has 0 saturated carbocycles. The van der Waals surface area contributed by atoms with Crippen molar-refractivity contribution < 1.29 is 4.79 Å². The summed E-state index contributed by atoms with van der Waals surface area (Å²) in [7, 11) is 0. The van der Waals surface area contributed by atoms with Crippen LogP contribution in [0.2, 0.25) is 5.02 Å². The fraction of sp³-hybridized carbons (Fsp3) is 0.179. The van der Waals surface area contributed by atoms with E-state index in [9.17, 15) is 4.79 Å². The van der Waals surface area contributed by atoms with E-state index >= 15 is 0 Å². The molecule has 1 aliphatic rings. The number of hydrogen-bond donors (Lipinski definition) is 2. The Kier molecular flexibility index (Phi) is 6.51. The molecule has 1 saturated heterocycles. The Balaban J connectivity index is 1.62. The molecule has 0 unspecified atom stereocenters. The van der Waals surface area contributed by atoms with Gasteiger partial charge < -0.3 is 20.1 Å². The molecule has 5 rings (SSSR count).